The van der Waals surface area contributed by atoms with Crippen molar-refractivity contribution in [3.8, 4) is 0 Å². The molecular formula is C15H22BrNO. The second kappa shape index (κ2) is 5.62. The van der Waals surface area contributed by atoms with E-state index in [2.05, 4.69) is 60.2 Å². The van der Waals surface area contributed by atoms with E-state index in [4.69, 9.17) is 4.74 Å². The molecule has 0 spiro atoms. The molecule has 1 saturated heterocycles. The van der Waals surface area contributed by atoms with Crippen molar-refractivity contribution in [2.24, 2.45) is 0 Å². The SMILES string of the molecule is CCC1(C)CC(Nc2ccc(C)cc2Br)CCO1. The molecule has 0 amide bonds. The zero-order valence-electron chi connectivity index (χ0n) is 11.4. The maximum absolute atomic E-state index is 5.88. The van der Waals surface area contributed by atoms with Crippen LogP contribution in [-0.2, 0) is 4.74 Å². The normalized spacial score (nSPS) is 28.1. The Kier molecular flexibility index (Phi) is 4.33. The summed E-state index contributed by atoms with van der Waals surface area (Å²) in [5, 5.41) is 3.64. The number of nitrogens with one attached hydrogen (secondary N) is 1. The highest BCUT2D eigenvalue weighted by Crippen LogP contribution is 2.31. The maximum atomic E-state index is 5.88. The number of benzene rings is 1. The lowest BCUT2D eigenvalue weighted by atomic mass is 9.90. The van der Waals surface area contributed by atoms with Crippen LogP contribution >= 0.6 is 15.9 Å². The monoisotopic (exact) mass is 311 g/mol. The van der Waals surface area contributed by atoms with Crippen molar-refractivity contribution in [3.05, 3.63) is 28.2 Å². The second-order valence-corrected chi connectivity index (χ2v) is 6.32. The van der Waals surface area contributed by atoms with Gasteiger partial charge < -0.3 is 10.1 Å². The van der Waals surface area contributed by atoms with Crippen LogP contribution in [-0.4, -0.2) is 18.2 Å². The number of anilines is 1. The Balaban J connectivity index is 2.05. The van der Waals surface area contributed by atoms with E-state index in [9.17, 15) is 0 Å². The van der Waals surface area contributed by atoms with Crippen LogP contribution in [0.3, 0.4) is 0 Å². The van der Waals surface area contributed by atoms with Gasteiger partial charge in [0.25, 0.3) is 0 Å². The molecule has 1 fully saturated rings. The Morgan fingerprint density at radius 1 is 1.50 bits per heavy atom. The third kappa shape index (κ3) is 3.27. The van der Waals surface area contributed by atoms with Gasteiger partial charge in [-0.05, 0) is 66.7 Å². The van der Waals surface area contributed by atoms with Crippen molar-refractivity contribution in [1.82, 2.24) is 0 Å². The zero-order chi connectivity index (χ0) is 13.2. The molecule has 2 nitrogen and oxygen atoms in total. The van der Waals surface area contributed by atoms with Crippen LogP contribution in [0, 0.1) is 6.92 Å². The minimum Gasteiger partial charge on any atom is -0.381 e. The first-order valence-corrected chi connectivity index (χ1v) is 7.48. The van der Waals surface area contributed by atoms with E-state index in [0.29, 0.717) is 6.04 Å². The Hall–Kier alpha value is -0.540. The number of hydrogen-bond donors (Lipinski definition) is 1. The minimum absolute atomic E-state index is 0.0348. The first-order chi connectivity index (χ1) is 8.52. The summed E-state index contributed by atoms with van der Waals surface area (Å²) < 4.78 is 7.03. The van der Waals surface area contributed by atoms with E-state index in [1.807, 2.05) is 0 Å². The first kappa shape index (κ1) is 13.9. The number of ether oxygens (including phenoxy) is 1. The fraction of sp³-hybridized carbons (Fsp3) is 0.600. The smallest absolute Gasteiger partial charge is 0.0671 e. The average Bonchev–Trinajstić information content (AvgIpc) is 2.33. The molecule has 0 bridgehead atoms. The summed E-state index contributed by atoms with van der Waals surface area (Å²) in [5.74, 6) is 0. The summed E-state index contributed by atoms with van der Waals surface area (Å²) in [6, 6.07) is 6.95. The molecule has 1 aromatic rings. The van der Waals surface area contributed by atoms with Crippen LogP contribution in [0.1, 0.15) is 38.7 Å². The molecule has 1 aliphatic heterocycles. The van der Waals surface area contributed by atoms with Crippen LogP contribution in [0.5, 0.6) is 0 Å². The fourth-order valence-corrected chi connectivity index (χ4v) is 3.06. The van der Waals surface area contributed by atoms with Gasteiger partial charge in [0.15, 0.2) is 0 Å². The number of aryl methyl sites for hydroxylation is 1. The predicted molar refractivity (Wildman–Crippen MR) is 80.2 cm³/mol. The van der Waals surface area contributed by atoms with Gasteiger partial charge in [0, 0.05) is 22.8 Å². The molecule has 1 aliphatic rings. The van der Waals surface area contributed by atoms with Crippen molar-refractivity contribution >= 4 is 21.6 Å². The van der Waals surface area contributed by atoms with E-state index in [-0.39, 0.29) is 5.60 Å². The number of rotatable bonds is 3. The molecule has 1 aromatic carbocycles. The topological polar surface area (TPSA) is 21.3 Å². The van der Waals surface area contributed by atoms with E-state index < -0.39 is 0 Å². The lowest BCUT2D eigenvalue weighted by molar-refractivity contribution is -0.0708. The number of halogens is 1. The van der Waals surface area contributed by atoms with Gasteiger partial charge in [0.2, 0.25) is 0 Å². The first-order valence-electron chi connectivity index (χ1n) is 6.69. The van der Waals surface area contributed by atoms with Crippen molar-refractivity contribution in [2.75, 3.05) is 11.9 Å². The van der Waals surface area contributed by atoms with Gasteiger partial charge in [-0.25, -0.2) is 0 Å². The molecule has 2 unspecified atom stereocenters. The molecule has 18 heavy (non-hydrogen) atoms. The molecule has 2 rings (SSSR count). The van der Waals surface area contributed by atoms with Gasteiger partial charge in [0.05, 0.1) is 5.60 Å². The molecule has 1 N–H and O–H groups in total. The quantitative estimate of drug-likeness (QED) is 0.886. The summed E-state index contributed by atoms with van der Waals surface area (Å²) in [6.45, 7) is 7.37. The number of hydrogen-bond acceptors (Lipinski definition) is 2. The Labute approximate surface area is 118 Å². The lowest BCUT2D eigenvalue weighted by Gasteiger charge is -2.38. The largest absolute Gasteiger partial charge is 0.381 e. The Bertz CT molecular complexity index is 421. The fourth-order valence-electron chi connectivity index (χ4n) is 2.46. The van der Waals surface area contributed by atoms with Crippen LogP contribution in [0.25, 0.3) is 0 Å². The third-order valence-corrected chi connectivity index (χ3v) is 4.48. The van der Waals surface area contributed by atoms with E-state index in [1.165, 1.54) is 11.3 Å². The summed E-state index contributed by atoms with van der Waals surface area (Å²) in [6.07, 6.45) is 3.22. The predicted octanol–water partition coefficient (Wildman–Crippen LogP) is 4.52. The van der Waals surface area contributed by atoms with Gasteiger partial charge in [-0.1, -0.05) is 13.0 Å². The zero-order valence-corrected chi connectivity index (χ0v) is 13.0. The third-order valence-electron chi connectivity index (χ3n) is 3.83. The summed E-state index contributed by atoms with van der Waals surface area (Å²) >= 11 is 3.63. The Morgan fingerprint density at radius 3 is 2.94 bits per heavy atom. The van der Waals surface area contributed by atoms with Gasteiger partial charge >= 0.3 is 0 Å². The van der Waals surface area contributed by atoms with Gasteiger partial charge in [0.1, 0.15) is 0 Å². The van der Waals surface area contributed by atoms with Gasteiger partial charge in [-0.15, -0.1) is 0 Å². The summed E-state index contributed by atoms with van der Waals surface area (Å²) in [4.78, 5) is 0. The molecule has 2 atom stereocenters. The van der Waals surface area contributed by atoms with Crippen molar-refractivity contribution in [1.29, 1.82) is 0 Å². The molecule has 0 aliphatic carbocycles. The van der Waals surface area contributed by atoms with E-state index in [1.54, 1.807) is 0 Å². The molecular weight excluding hydrogens is 290 g/mol. The van der Waals surface area contributed by atoms with Gasteiger partial charge in [-0.2, -0.15) is 0 Å². The molecule has 3 heteroatoms. The highest BCUT2D eigenvalue weighted by atomic mass is 79.9. The average molecular weight is 312 g/mol. The standard InChI is InChI=1S/C15H22BrNO/c1-4-15(3)10-12(7-8-18-15)17-14-6-5-11(2)9-13(14)16/h5-6,9,12,17H,4,7-8,10H2,1-3H3. The highest BCUT2D eigenvalue weighted by molar-refractivity contribution is 9.10. The van der Waals surface area contributed by atoms with Gasteiger partial charge in [-0.3, -0.25) is 0 Å². The maximum Gasteiger partial charge on any atom is 0.0671 e. The minimum atomic E-state index is 0.0348. The molecule has 0 radical (unpaired) electrons. The van der Waals surface area contributed by atoms with Crippen LogP contribution < -0.4 is 5.32 Å². The van der Waals surface area contributed by atoms with E-state index in [0.717, 1.165) is 30.3 Å². The molecule has 0 aromatic heterocycles. The van der Waals surface area contributed by atoms with Crippen molar-refractivity contribution in [2.45, 2.75) is 51.7 Å². The van der Waals surface area contributed by atoms with Crippen LogP contribution in [0.4, 0.5) is 5.69 Å². The van der Waals surface area contributed by atoms with E-state index >= 15 is 0 Å². The van der Waals surface area contributed by atoms with Crippen molar-refractivity contribution < 1.29 is 4.74 Å². The van der Waals surface area contributed by atoms with Crippen LogP contribution in [0.15, 0.2) is 22.7 Å². The Morgan fingerprint density at radius 2 is 2.28 bits per heavy atom. The summed E-state index contributed by atoms with van der Waals surface area (Å²) in [5.41, 5.74) is 2.50. The molecule has 0 saturated carbocycles. The second-order valence-electron chi connectivity index (χ2n) is 5.47. The lowest BCUT2D eigenvalue weighted by Crippen LogP contribution is -2.41. The molecule has 100 valence electrons. The van der Waals surface area contributed by atoms with Crippen LogP contribution in [0.2, 0.25) is 0 Å². The molecule has 1 heterocycles. The highest BCUT2D eigenvalue weighted by Gasteiger charge is 2.31. The van der Waals surface area contributed by atoms with Crippen molar-refractivity contribution in [3.63, 3.8) is 0 Å². The summed E-state index contributed by atoms with van der Waals surface area (Å²) in [7, 11) is 0.